The first-order valence-electron chi connectivity index (χ1n) is 8.97. The molecular weight excluding hydrogens is 400 g/mol. The van der Waals surface area contributed by atoms with Crippen molar-refractivity contribution in [2.45, 2.75) is 37.5 Å². The van der Waals surface area contributed by atoms with Crippen LogP contribution in [0.4, 0.5) is 5.69 Å². The van der Waals surface area contributed by atoms with E-state index < -0.39 is 28.5 Å². The van der Waals surface area contributed by atoms with Crippen molar-refractivity contribution >= 4 is 38.9 Å². The van der Waals surface area contributed by atoms with Gasteiger partial charge in [-0.1, -0.05) is 19.4 Å². The zero-order valence-electron chi connectivity index (χ0n) is 15.4. The van der Waals surface area contributed by atoms with E-state index in [1.807, 2.05) is 6.07 Å². The molecule has 1 aromatic heterocycles. The highest BCUT2D eigenvalue weighted by Gasteiger charge is 2.23. The van der Waals surface area contributed by atoms with Crippen molar-refractivity contribution in [2.75, 3.05) is 11.9 Å². The number of fused-ring (bicyclic) bond motifs is 1. The molecule has 150 valence electrons. The first kappa shape index (κ1) is 20.5. The van der Waals surface area contributed by atoms with Crippen LogP contribution >= 0.6 is 11.3 Å². The molecule has 28 heavy (non-hydrogen) atoms. The molecule has 0 radical (unpaired) electrons. The lowest BCUT2D eigenvalue weighted by atomic mass is 9.87. The molecule has 9 heteroatoms. The fourth-order valence-corrected chi connectivity index (χ4v) is 4.86. The van der Waals surface area contributed by atoms with Gasteiger partial charge in [-0.25, -0.2) is 18.4 Å². The summed E-state index contributed by atoms with van der Waals surface area (Å²) in [5.74, 6) is -0.432. The largest absolute Gasteiger partial charge is 0.451 e. The topological polar surface area (TPSA) is 116 Å². The van der Waals surface area contributed by atoms with E-state index in [1.165, 1.54) is 46.0 Å². The molecule has 0 aliphatic heterocycles. The summed E-state index contributed by atoms with van der Waals surface area (Å²) < 4.78 is 27.8. The van der Waals surface area contributed by atoms with Crippen LogP contribution < -0.4 is 10.5 Å². The Balaban J connectivity index is 1.57. The molecule has 1 aliphatic rings. The van der Waals surface area contributed by atoms with Crippen molar-refractivity contribution in [3.8, 4) is 0 Å². The number of nitrogens with two attached hydrogens (primary N) is 1. The van der Waals surface area contributed by atoms with Crippen molar-refractivity contribution in [2.24, 2.45) is 11.1 Å². The second-order valence-electron chi connectivity index (χ2n) is 6.77. The van der Waals surface area contributed by atoms with Crippen LogP contribution in [0.2, 0.25) is 0 Å². The number of carbonyl (C=O) groups is 2. The molecule has 0 bridgehead atoms. The number of esters is 1. The van der Waals surface area contributed by atoms with Gasteiger partial charge in [-0.3, -0.25) is 4.79 Å². The number of ether oxygens (including phenoxy) is 1. The van der Waals surface area contributed by atoms with E-state index in [1.54, 1.807) is 0 Å². The number of amides is 1. The lowest BCUT2D eigenvalue weighted by Gasteiger charge is -2.19. The van der Waals surface area contributed by atoms with Gasteiger partial charge in [-0.15, -0.1) is 11.3 Å². The third-order valence-electron chi connectivity index (χ3n) is 4.74. The standard InChI is InChI=1S/C19H22N2O5S2/c1-2-12-6-7-16-13(8-12)9-17(27-16)19(23)26-11-18(22)21-14-4-3-5-15(10-14)28(20,24)25/h3-5,9-10,12H,2,6-8,11H2,1H3,(H,21,22)(H2,20,24,25). The zero-order valence-corrected chi connectivity index (χ0v) is 17.1. The molecule has 0 spiro atoms. The van der Waals surface area contributed by atoms with Gasteiger partial charge in [0.2, 0.25) is 10.0 Å². The van der Waals surface area contributed by atoms with Gasteiger partial charge >= 0.3 is 5.97 Å². The smallest absolute Gasteiger partial charge is 0.348 e. The fourth-order valence-electron chi connectivity index (χ4n) is 3.20. The Bertz CT molecular complexity index is 998. The van der Waals surface area contributed by atoms with E-state index >= 15 is 0 Å². The van der Waals surface area contributed by atoms with Crippen molar-refractivity contribution < 1.29 is 22.7 Å². The maximum Gasteiger partial charge on any atom is 0.348 e. The molecule has 1 heterocycles. The number of hydrogen-bond acceptors (Lipinski definition) is 6. The average molecular weight is 423 g/mol. The van der Waals surface area contributed by atoms with E-state index in [0.717, 1.165) is 25.7 Å². The molecule has 1 unspecified atom stereocenters. The van der Waals surface area contributed by atoms with Gasteiger partial charge in [0.1, 0.15) is 4.88 Å². The zero-order chi connectivity index (χ0) is 20.3. The lowest BCUT2D eigenvalue weighted by Crippen LogP contribution is -2.21. The molecular formula is C19H22N2O5S2. The minimum absolute atomic E-state index is 0.114. The predicted octanol–water partition coefficient (Wildman–Crippen LogP) is 2.71. The van der Waals surface area contributed by atoms with E-state index in [2.05, 4.69) is 12.2 Å². The number of primary sulfonamides is 1. The Kier molecular flexibility index (Phi) is 6.17. The van der Waals surface area contributed by atoms with Gasteiger partial charge in [0.15, 0.2) is 6.61 Å². The monoisotopic (exact) mass is 422 g/mol. The SMILES string of the molecule is CCC1CCc2sc(C(=O)OCC(=O)Nc3cccc(S(N)(=O)=O)c3)cc2C1. The minimum Gasteiger partial charge on any atom is -0.451 e. The maximum absolute atomic E-state index is 12.3. The molecule has 2 aromatic rings. The summed E-state index contributed by atoms with van der Waals surface area (Å²) in [5.41, 5.74) is 1.46. The molecule has 0 fully saturated rings. The van der Waals surface area contributed by atoms with E-state index in [4.69, 9.17) is 9.88 Å². The minimum atomic E-state index is -3.87. The number of rotatable bonds is 6. The van der Waals surface area contributed by atoms with E-state index in [-0.39, 0.29) is 10.6 Å². The van der Waals surface area contributed by atoms with Crippen molar-refractivity contribution in [3.63, 3.8) is 0 Å². The first-order valence-corrected chi connectivity index (χ1v) is 11.3. The second-order valence-corrected chi connectivity index (χ2v) is 9.47. The number of anilines is 1. The van der Waals surface area contributed by atoms with Crippen molar-refractivity contribution in [3.05, 3.63) is 45.6 Å². The highest BCUT2D eigenvalue weighted by molar-refractivity contribution is 7.89. The summed E-state index contributed by atoms with van der Waals surface area (Å²) in [5, 5.41) is 7.56. The second kappa shape index (κ2) is 8.42. The summed E-state index contributed by atoms with van der Waals surface area (Å²) in [6, 6.07) is 7.42. The van der Waals surface area contributed by atoms with Crippen LogP contribution in [0.5, 0.6) is 0 Å². The molecule has 1 amide bonds. The van der Waals surface area contributed by atoms with Crippen LogP contribution in [0.3, 0.4) is 0 Å². The van der Waals surface area contributed by atoms with Gasteiger partial charge in [-0.2, -0.15) is 0 Å². The highest BCUT2D eigenvalue weighted by Crippen LogP contribution is 2.33. The van der Waals surface area contributed by atoms with Gasteiger partial charge in [-0.05, 0) is 55.0 Å². The number of nitrogens with one attached hydrogen (secondary N) is 1. The Morgan fingerprint density at radius 3 is 2.82 bits per heavy atom. The van der Waals surface area contributed by atoms with Crippen LogP contribution in [0, 0.1) is 5.92 Å². The Morgan fingerprint density at radius 1 is 1.32 bits per heavy atom. The quantitative estimate of drug-likeness (QED) is 0.695. The maximum atomic E-state index is 12.3. The Hall–Kier alpha value is -2.23. The molecule has 1 aromatic carbocycles. The number of aryl methyl sites for hydroxylation is 1. The predicted molar refractivity (Wildman–Crippen MR) is 107 cm³/mol. The molecule has 7 nitrogen and oxygen atoms in total. The van der Waals surface area contributed by atoms with Gasteiger partial charge in [0, 0.05) is 10.6 Å². The number of thiophene rings is 1. The molecule has 1 aliphatic carbocycles. The molecule has 3 N–H and O–H groups in total. The summed E-state index contributed by atoms with van der Waals surface area (Å²) in [6.45, 7) is 1.72. The van der Waals surface area contributed by atoms with Crippen LogP contribution in [0.1, 0.15) is 39.9 Å². The number of hydrogen-bond donors (Lipinski definition) is 2. The third kappa shape index (κ3) is 4.98. The van der Waals surface area contributed by atoms with E-state index in [9.17, 15) is 18.0 Å². The van der Waals surface area contributed by atoms with Crippen LogP contribution in [0.15, 0.2) is 35.2 Å². The molecule has 0 saturated carbocycles. The third-order valence-corrected chi connectivity index (χ3v) is 6.87. The lowest BCUT2D eigenvalue weighted by molar-refractivity contribution is -0.119. The fraction of sp³-hybridized carbons (Fsp3) is 0.368. The van der Waals surface area contributed by atoms with Crippen LogP contribution in [0.25, 0.3) is 0 Å². The Morgan fingerprint density at radius 2 is 2.11 bits per heavy atom. The van der Waals surface area contributed by atoms with Crippen LogP contribution in [-0.2, 0) is 32.4 Å². The molecule has 0 saturated heterocycles. The summed E-state index contributed by atoms with van der Waals surface area (Å²) in [7, 11) is -3.87. The average Bonchev–Trinajstić information content (AvgIpc) is 3.09. The van der Waals surface area contributed by atoms with E-state index in [0.29, 0.717) is 10.8 Å². The molecule has 1 atom stereocenters. The number of carbonyl (C=O) groups excluding carboxylic acids is 2. The summed E-state index contributed by atoms with van der Waals surface area (Å²) in [4.78, 5) is 25.9. The number of benzene rings is 1. The van der Waals surface area contributed by atoms with Crippen molar-refractivity contribution in [1.82, 2.24) is 0 Å². The summed E-state index contributed by atoms with van der Waals surface area (Å²) >= 11 is 1.43. The molecule has 3 rings (SSSR count). The van der Waals surface area contributed by atoms with Crippen LogP contribution in [-0.4, -0.2) is 26.9 Å². The summed E-state index contributed by atoms with van der Waals surface area (Å²) in [6.07, 6.45) is 4.23. The highest BCUT2D eigenvalue weighted by atomic mass is 32.2. The first-order chi connectivity index (χ1) is 13.3. The Labute approximate surface area is 167 Å². The van der Waals surface area contributed by atoms with Gasteiger partial charge in [0.25, 0.3) is 5.91 Å². The number of sulfonamides is 1. The van der Waals surface area contributed by atoms with Gasteiger partial charge in [0.05, 0.1) is 4.90 Å². The van der Waals surface area contributed by atoms with Gasteiger partial charge < -0.3 is 10.1 Å². The normalized spacial score (nSPS) is 16.3. The van der Waals surface area contributed by atoms with Crippen molar-refractivity contribution in [1.29, 1.82) is 0 Å².